The van der Waals surface area contributed by atoms with Crippen LogP contribution in [-0.2, 0) is 9.59 Å². The van der Waals surface area contributed by atoms with Crippen LogP contribution in [0.2, 0.25) is 0 Å². The predicted octanol–water partition coefficient (Wildman–Crippen LogP) is 4.22. The maximum absolute atomic E-state index is 13.1. The van der Waals surface area contributed by atoms with Gasteiger partial charge < -0.3 is 19.6 Å². The van der Waals surface area contributed by atoms with Crippen LogP contribution in [-0.4, -0.2) is 60.9 Å². The van der Waals surface area contributed by atoms with E-state index in [0.717, 1.165) is 35.1 Å². The molecule has 33 heavy (non-hydrogen) atoms. The number of rotatable bonds is 7. The van der Waals surface area contributed by atoms with Crippen molar-refractivity contribution in [3.63, 3.8) is 0 Å². The number of carbonyl (C=O) groups excluding carboxylic acids is 2. The van der Waals surface area contributed by atoms with E-state index in [4.69, 9.17) is 4.74 Å². The number of hydrogen-bond acceptors (Lipinski definition) is 5. The lowest BCUT2D eigenvalue weighted by Crippen LogP contribution is -2.32. The second kappa shape index (κ2) is 9.46. The van der Waals surface area contributed by atoms with Gasteiger partial charge in [0, 0.05) is 12.1 Å². The maximum Gasteiger partial charge on any atom is 0.295 e. The van der Waals surface area contributed by atoms with Crippen molar-refractivity contribution < 1.29 is 19.4 Å². The van der Waals surface area contributed by atoms with Gasteiger partial charge in [0.2, 0.25) is 0 Å². The summed E-state index contributed by atoms with van der Waals surface area (Å²) in [6, 6.07) is 19.9. The molecule has 3 aromatic carbocycles. The second-order valence-corrected chi connectivity index (χ2v) is 8.49. The van der Waals surface area contributed by atoms with Crippen molar-refractivity contribution in [3.8, 4) is 5.75 Å². The zero-order valence-corrected chi connectivity index (χ0v) is 19.1. The van der Waals surface area contributed by atoms with E-state index in [9.17, 15) is 14.7 Å². The third-order valence-electron chi connectivity index (χ3n) is 5.98. The van der Waals surface area contributed by atoms with Gasteiger partial charge >= 0.3 is 0 Å². The predicted molar refractivity (Wildman–Crippen MR) is 129 cm³/mol. The van der Waals surface area contributed by atoms with Gasteiger partial charge in [-0.05, 0) is 61.6 Å². The smallest absolute Gasteiger partial charge is 0.295 e. The SMILES string of the molecule is COc1ccc2cc(/C(O)=C3\C(=O)C(=O)N(CCCN(C)C)C3c3ccccc3)ccc2c1. The largest absolute Gasteiger partial charge is 0.507 e. The summed E-state index contributed by atoms with van der Waals surface area (Å²) in [5.41, 5.74) is 1.43. The normalized spacial score (nSPS) is 17.8. The van der Waals surface area contributed by atoms with Crippen LogP contribution in [0, 0.1) is 0 Å². The molecule has 4 rings (SSSR count). The number of nitrogens with zero attached hydrogens (tertiary/aromatic N) is 2. The van der Waals surface area contributed by atoms with Crippen LogP contribution in [0.25, 0.3) is 16.5 Å². The summed E-state index contributed by atoms with van der Waals surface area (Å²) in [6.45, 7) is 1.22. The molecule has 1 atom stereocenters. The van der Waals surface area contributed by atoms with Crippen molar-refractivity contribution in [2.75, 3.05) is 34.3 Å². The first-order valence-corrected chi connectivity index (χ1v) is 11.0. The second-order valence-electron chi connectivity index (χ2n) is 8.49. The minimum Gasteiger partial charge on any atom is -0.507 e. The van der Waals surface area contributed by atoms with Gasteiger partial charge in [0.25, 0.3) is 11.7 Å². The van der Waals surface area contributed by atoms with Gasteiger partial charge in [-0.3, -0.25) is 9.59 Å². The van der Waals surface area contributed by atoms with E-state index >= 15 is 0 Å². The number of hydrogen-bond donors (Lipinski definition) is 1. The van der Waals surface area contributed by atoms with Crippen LogP contribution < -0.4 is 4.74 Å². The van der Waals surface area contributed by atoms with E-state index < -0.39 is 17.7 Å². The standard InChI is InChI=1S/C27H28N2O4/c1-28(2)14-7-15-29-24(18-8-5-4-6-9-18)23(26(31)27(29)32)25(30)21-11-10-20-17-22(33-3)13-12-19(20)16-21/h4-6,8-13,16-17,24,30H,7,14-15H2,1-3H3/b25-23+. The average Bonchev–Trinajstić information content (AvgIpc) is 3.08. The van der Waals surface area contributed by atoms with Crippen molar-refractivity contribution in [3.05, 3.63) is 83.4 Å². The van der Waals surface area contributed by atoms with Gasteiger partial charge in [-0.25, -0.2) is 0 Å². The Morgan fingerprint density at radius 3 is 2.39 bits per heavy atom. The lowest BCUT2D eigenvalue weighted by atomic mass is 9.94. The molecular formula is C27H28N2O4. The number of fused-ring (bicyclic) bond motifs is 1. The van der Waals surface area contributed by atoms with Gasteiger partial charge in [0.15, 0.2) is 0 Å². The van der Waals surface area contributed by atoms with E-state index in [1.165, 1.54) is 0 Å². The number of amides is 1. The quantitative estimate of drug-likeness (QED) is 0.336. The van der Waals surface area contributed by atoms with Crippen LogP contribution in [0.1, 0.15) is 23.6 Å². The van der Waals surface area contributed by atoms with Gasteiger partial charge in [-0.1, -0.05) is 48.5 Å². The molecule has 3 aromatic rings. The summed E-state index contributed by atoms with van der Waals surface area (Å²) in [6.07, 6.45) is 0.723. The minimum absolute atomic E-state index is 0.129. The highest BCUT2D eigenvalue weighted by Gasteiger charge is 2.45. The Kier molecular flexibility index (Phi) is 6.47. The van der Waals surface area contributed by atoms with Gasteiger partial charge in [-0.2, -0.15) is 0 Å². The molecule has 6 heteroatoms. The average molecular weight is 445 g/mol. The molecule has 1 heterocycles. The molecule has 0 bridgehead atoms. The first-order valence-electron chi connectivity index (χ1n) is 11.0. The maximum atomic E-state index is 13.1. The van der Waals surface area contributed by atoms with E-state index in [-0.39, 0.29) is 11.3 Å². The molecule has 1 unspecified atom stereocenters. The van der Waals surface area contributed by atoms with Crippen LogP contribution >= 0.6 is 0 Å². The molecule has 170 valence electrons. The van der Waals surface area contributed by atoms with E-state index in [2.05, 4.69) is 0 Å². The summed E-state index contributed by atoms with van der Waals surface area (Å²) in [5.74, 6) is -0.641. The molecule has 1 aliphatic rings. The third-order valence-corrected chi connectivity index (χ3v) is 5.98. The highest BCUT2D eigenvalue weighted by molar-refractivity contribution is 6.46. The first-order chi connectivity index (χ1) is 15.9. The van der Waals surface area contributed by atoms with E-state index in [1.807, 2.05) is 79.7 Å². The molecule has 1 aliphatic heterocycles. The number of aliphatic hydroxyl groups is 1. The van der Waals surface area contributed by atoms with Crippen molar-refractivity contribution >= 4 is 28.2 Å². The van der Waals surface area contributed by atoms with Crippen LogP contribution in [0.15, 0.2) is 72.3 Å². The van der Waals surface area contributed by atoms with E-state index in [0.29, 0.717) is 12.1 Å². The molecule has 0 aliphatic carbocycles. The molecule has 0 aromatic heterocycles. The van der Waals surface area contributed by atoms with E-state index in [1.54, 1.807) is 18.1 Å². The lowest BCUT2D eigenvalue weighted by molar-refractivity contribution is -0.139. The fourth-order valence-corrected chi connectivity index (χ4v) is 4.30. The number of ether oxygens (including phenoxy) is 1. The molecule has 1 amide bonds. The van der Waals surface area contributed by atoms with Crippen molar-refractivity contribution in [1.29, 1.82) is 0 Å². The summed E-state index contributed by atoms with van der Waals surface area (Å²) in [7, 11) is 5.55. The monoisotopic (exact) mass is 444 g/mol. The fraction of sp³-hybridized carbons (Fsp3) is 0.259. The number of ketones is 1. The Morgan fingerprint density at radius 2 is 1.70 bits per heavy atom. The summed E-state index contributed by atoms with van der Waals surface area (Å²) in [4.78, 5) is 29.7. The highest BCUT2D eigenvalue weighted by Crippen LogP contribution is 2.39. The Morgan fingerprint density at radius 1 is 1.00 bits per heavy atom. The van der Waals surface area contributed by atoms with Crippen LogP contribution in [0.3, 0.4) is 0 Å². The molecule has 1 N–H and O–H groups in total. The first kappa shape index (κ1) is 22.6. The Balaban J connectivity index is 1.79. The minimum atomic E-state index is -0.652. The molecule has 1 fully saturated rings. The van der Waals surface area contributed by atoms with Crippen molar-refractivity contribution in [2.24, 2.45) is 0 Å². The van der Waals surface area contributed by atoms with Gasteiger partial charge in [0.1, 0.15) is 11.5 Å². The third kappa shape index (κ3) is 4.47. The molecule has 1 saturated heterocycles. The fourth-order valence-electron chi connectivity index (χ4n) is 4.30. The number of carbonyl (C=O) groups is 2. The zero-order chi connectivity index (χ0) is 23.5. The van der Waals surface area contributed by atoms with Crippen molar-refractivity contribution in [1.82, 2.24) is 9.80 Å². The molecule has 0 spiro atoms. The number of Topliss-reactive ketones (excluding diaryl/α,β-unsaturated/α-hetero) is 1. The topological polar surface area (TPSA) is 70.1 Å². The van der Waals surface area contributed by atoms with Gasteiger partial charge in [-0.15, -0.1) is 0 Å². The summed E-state index contributed by atoms with van der Waals surface area (Å²) < 4.78 is 5.28. The van der Waals surface area contributed by atoms with Gasteiger partial charge in [0.05, 0.1) is 18.7 Å². The number of likely N-dealkylation sites (tertiary alicyclic amines) is 1. The Labute approximate surface area is 193 Å². The number of benzene rings is 3. The van der Waals surface area contributed by atoms with Crippen LogP contribution in [0.4, 0.5) is 0 Å². The molecule has 0 radical (unpaired) electrons. The molecule has 0 saturated carbocycles. The molecule has 6 nitrogen and oxygen atoms in total. The Hall–Kier alpha value is -3.64. The Bertz CT molecular complexity index is 1220. The zero-order valence-electron chi connectivity index (χ0n) is 19.1. The van der Waals surface area contributed by atoms with Crippen molar-refractivity contribution in [2.45, 2.75) is 12.5 Å². The lowest BCUT2D eigenvalue weighted by Gasteiger charge is -2.26. The summed E-state index contributed by atoms with van der Waals surface area (Å²) in [5, 5.41) is 13.1. The van der Waals surface area contributed by atoms with Crippen LogP contribution in [0.5, 0.6) is 5.75 Å². The molecular weight excluding hydrogens is 416 g/mol. The summed E-state index contributed by atoms with van der Waals surface area (Å²) >= 11 is 0. The highest BCUT2D eigenvalue weighted by atomic mass is 16.5. The number of aliphatic hydroxyl groups excluding tert-OH is 1. The number of methoxy groups -OCH3 is 1.